The van der Waals surface area contributed by atoms with Crippen molar-refractivity contribution >= 4 is 7.12 Å². The van der Waals surface area contributed by atoms with Gasteiger partial charge in [-0.2, -0.15) is 13.2 Å². The highest BCUT2D eigenvalue weighted by Gasteiger charge is 2.59. The molecule has 0 radical (unpaired) electrons. The topological polar surface area (TPSA) is 40.5 Å². The SMILES string of the molecule is OB(O)[C@@H]1C[C@H]1C(F)(F)F. The fourth-order valence-corrected chi connectivity index (χ4v) is 0.921. The Hall–Kier alpha value is -0.225. The van der Waals surface area contributed by atoms with Crippen molar-refractivity contribution in [1.82, 2.24) is 0 Å². The first-order chi connectivity index (χ1) is 4.43. The summed E-state index contributed by atoms with van der Waals surface area (Å²) in [5, 5.41) is 16.6. The highest BCUT2D eigenvalue weighted by Crippen LogP contribution is 2.55. The minimum absolute atomic E-state index is 0.152. The molecule has 58 valence electrons. The first-order valence-electron chi connectivity index (χ1n) is 2.86. The van der Waals surface area contributed by atoms with E-state index in [4.69, 9.17) is 10.0 Å². The molecule has 0 heterocycles. The van der Waals surface area contributed by atoms with Gasteiger partial charge < -0.3 is 10.0 Å². The van der Waals surface area contributed by atoms with E-state index in [9.17, 15) is 13.2 Å². The van der Waals surface area contributed by atoms with Gasteiger partial charge in [-0.25, -0.2) is 0 Å². The molecule has 0 amide bonds. The molecule has 2 nitrogen and oxygen atoms in total. The van der Waals surface area contributed by atoms with Crippen molar-refractivity contribution < 1.29 is 23.2 Å². The van der Waals surface area contributed by atoms with Crippen LogP contribution in [0.3, 0.4) is 0 Å². The van der Waals surface area contributed by atoms with Crippen LogP contribution in [0.5, 0.6) is 0 Å². The summed E-state index contributed by atoms with van der Waals surface area (Å²) in [4.78, 5) is 0. The zero-order chi connectivity index (χ0) is 7.94. The molecule has 0 aromatic rings. The van der Waals surface area contributed by atoms with E-state index in [0.717, 1.165) is 0 Å². The molecule has 1 fully saturated rings. The lowest BCUT2D eigenvalue weighted by Gasteiger charge is -2.03. The maximum absolute atomic E-state index is 11.6. The Labute approximate surface area is 55.8 Å². The van der Waals surface area contributed by atoms with Crippen LogP contribution in [0, 0.1) is 5.92 Å². The minimum Gasteiger partial charge on any atom is -0.427 e. The molecule has 2 N–H and O–H groups in total. The Morgan fingerprint density at radius 1 is 1.30 bits per heavy atom. The fraction of sp³-hybridized carbons (Fsp3) is 1.00. The Morgan fingerprint density at radius 3 is 1.90 bits per heavy atom. The van der Waals surface area contributed by atoms with Crippen molar-refractivity contribution in [3.63, 3.8) is 0 Å². The maximum Gasteiger partial charge on any atom is 0.455 e. The van der Waals surface area contributed by atoms with Crippen molar-refractivity contribution in [2.75, 3.05) is 0 Å². The van der Waals surface area contributed by atoms with Gasteiger partial charge in [0.1, 0.15) is 0 Å². The molecule has 6 heteroatoms. The molecule has 0 saturated heterocycles. The van der Waals surface area contributed by atoms with Crippen molar-refractivity contribution in [2.24, 2.45) is 5.92 Å². The molecule has 0 aromatic heterocycles. The normalized spacial score (nSPS) is 32.1. The summed E-state index contributed by atoms with van der Waals surface area (Å²) in [6.45, 7) is 0. The van der Waals surface area contributed by atoms with Gasteiger partial charge in [-0.15, -0.1) is 0 Å². The lowest BCUT2D eigenvalue weighted by molar-refractivity contribution is -0.147. The number of rotatable bonds is 1. The van der Waals surface area contributed by atoms with Crippen LogP contribution in [-0.2, 0) is 0 Å². The third kappa shape index (κ3) is 1.43. The smallest absolute Gasteiger partial charge is 0.427 e. The van der Waals surface area contributed by atoms with Crippen molar-refractivity contribution in [3.05, 3.63) is 0 Å². The number of hydrogen-bond acceptors (Lipinski definition) is 2. The average Bonchev–Trinajstić information content (AvgIpc) is 2.35. The highest BCUT2D eigenvalue weighted by molar-refractivity contribution is 6.44. The van der Waals surface area contributed by atoms with Crippen molar-refractivity contribution in [3.8, 4) is 0 Å². The second kappa shape index (κ2) is 2.13. The molecule has 10 heavy (non-hydrogen) atoms. The predicted molar refractivity (Wildman–Crippen MR) is 28.1 cm³/mol. The molecule has 1 saturated carbocycles. The molecule has 0 aromatic carbocycles. The van der Waals surface area contributed by atoms with E-state index < -0.39 is 25.0 Å². The molecule has 1 aliphatic rings. The summed E-state index contributed by atoms with van der Waals surface area (Å²) in [5.74, 6) is -2.48. The Kier molecular flexibility index (Phi) is 1.68. The fourth-order valence-electron chi connectivity index (χ4n) is 0.921. The van der Waals surface area contributed by atoms with Crippen LogP contribution >= 0.6 is 0 Å². The van der Waals surface area contributed by atoms with E-state index >= 15 is 0 Å². The van der Waals surface area contributed by atoms with Crippen LogP contribution in [0.1, 0.15) is 6.42 Å². The summed E-state index contributed by atoms with van der Waals surface area (Å²) in [7, 11) is -1.81. The highest BCUT2D eigenvalue weighted by atomic mass is 19.4. The van der Waals surface area contributed by atoms with Gasteiger partial charge in [0.05, 0.1) is 5.92 Å². The summed E-state index contributed by atoms with van der Waals surface area (Å²) in [6, 6.07) is 0. The third-order valence-electron chi connectivity index (χ3n) is 1.64. The second-order valence-corrected chi connectivity index (χ2v) is 2.46. The number of hydrogen-bond donors (Lipinski definition) is 2. The lowest BCUT2D eigenvalue weighted by Crippen LogP contribution is -2.18. The van der Waals surface area contributed by atoms with Gasteiger partial charge in [0.2, 0.25) is 0 Å². The summed E-state index contributed by atoms with van der Waals surface area (Å²) < 4.78 is 34.9. The van der Waals surface area contributed by atoms with Gasteiger partial charge in [-0.05, 0) is 6.42 Å². The van der Waals surface area contributed by atoms with E-state index in [-0.39, 0.29) is 6.42 Å². The molecular formula is C4H6BF3O2. The van der Waals surface area contributed by atoms with Gasteiger partial charge in [-0.1, -0.05) is 0 Å². The molecule has 0 unspecified atom stereocenters. The molecule has 0 aliphatic heterocycles. The molecule has 1 rings (SSSR count). The summed E-state index contributed by atoms with van der Waals surface area (Å²) in [5.41, 5.74) is 0. The largest absolute Gasteiger partial charge is 0.455 e. The third-order valence-corrected chi connectivity index (χ3v) is 1.64. The van der Waals surface area contributed by atoms with E-state index in [0.29, 0.717) is 0 Å². The van der Waals surface area contributed by atoms with Crippen LogP contribution < -0.4 is 0 Å². The van der Waals surface area contributed by atoms with Gasteiger partial charge in [-0.3, -0.25) is 0 Å². The zero-order valence-corrected chi connectivity index (χ0v) is 4.97. The zero-order valence-electron chi connectivity index (χ0n) is 4.97. The van der Waals surface area contributed by atoms with Crippen LogP contribution in [-0.4, -0.2) is 23.3 Å². The van der Waals surface area contributed by atoms with Crippen molar-refractivity contribution in [2.45, 2.75) is 18.4 Å². The Bertz CT molecular complexity index is 135. The number of alkyl halides is 3. The van der Waals surface area contributed by atoms with Gasteiger partial charge in [0.15, 0.2) is 0 Å². The van der Waals surface area contributed by atoms with Crippen LogP contribution in [0.15, 0.2) is 0 Å². The van der Waals surface area contributed by atoms with E-state index in [2.05, 4.69) is 0 Å². The maximum atomic E-state index is 11.6. The monoisotopic (exact) mass is 154 g/mol. The van der Waals surface area contributed by atoms with E-state index in [1.165, 1.54) is 0 Å². The standard InChI is InChI=1S/C4H6BF3O2/c6-4(7,8)2-1-3(2)5(9)10/h2-3,9-10H,1H2/t2-,3-/m1/s1. The van der Waals surface area contributed by atoms with Gasteiger partial charge in [0.25, 0.3) is 0 Å². The molecule has 0 bridgehead atoms. The predicted octanol–water partition coefficient (Wildman–Crippen LogP) is 0.412. The summed E-state index contributed by atoms with van der Waals surface area (Å²) >= 11 is 0. The first kappa shape index (κ1) is 7.88. The lowest BCUT2D eigenvalue weighted by atomic mass is 9.82. The molecule has 2 atom stereocenters. The second-order valence-electron chi connectivity index (χ2n) is 2.46. The molecular weight excluding hydrogens is 148 g/mol. The van der Waals surface area contributed by atoms with E-state index in [1.54, 1.807) is 0 Å². The van der Waals surface area contributed by atoms with Crippen LogP contribution in [0.25, 0.3) is 0 Å². The average molecular weight is 154 g/mol. The van der Waals surface area contributed by atoms with Crippen LogP contribution in [0.2, 0.25) is 5.82 Å². The number of halogens is 3. The molecule has 0 spiro atoms. The first-order valence-corrected chi connectivity index (χ1v) is 2.86. The van der Waals surface area contributed by atoms with Crippen LogP contribution in [0.4, 0.5) is 13.2 Å². The van der Waals surface area contributed by atoms with Crippen molar-refractivity contribution in [1.29, 1.82) is 0 Å². The minimum atomic E-state index is -4.26. The van der Waals surface area contributed by atoms with E-state index in [1.807, 2.05) is 0 Å². The Morgan fingerprint density at radius 2 is 1.80 bits per heavy atom. The Balaban J connectivity index is 2.39. The molecule has 1 aliphatic carbocycles. The quantitative estimate of drug-likeness (QED) is 0.537. The van der Waals surface area contributed by atoms with Gasteiger partial charge in [0, 0.05) is 5.82 Å². The van der Waals surface area contributed by atoms with Gasteiger partial charge >= 0.3 is 13.3 Å². The summed E-state index contributed by atoms with van der Waals surface area (Å²) in [6.07, 6.45) is -4.41.